The third kappa shape index (κ3) is 2.89. The van der Waals surface area contributed by atoms with Gasteiger partial charge in [0.1, 0.15) is 5.60 Å². The topological polar surface area (TPSA) is 74.5 Å². The number of hydrogen-bond donors (Lipinski definition) is 0. The lowest BCUT2D eigenvalue weighted by Gasteiger charge is -2.37. The maximum Gasteiger partial charge on any atom is 0.327 e. The van der Waals surface area contributed by atoms with Gasteiger partial charge in [0.15, 0.2) is 11.2 Å². The third-order valence-electron chi connectivity index (χ3n) is 4.31. The predicted molar refractivity (Wildman–Crippen MR) is 78.5 cm³/mol. The fraction of sp³-hybridized carbons (Fsp3) is 0.812. The van der Waals surface area contributed by atoms with Crippen molar-refractivity contribution in [2.24, 2.45) is 0 Å². The Hall–Kier alpha value is -1.43. The van der Waals surface area contributed by atoms with Gasteiger partial charge in [0, 0.05) is 5.92 Å². The number of esters is 1. The van der Waals surface area contributed by atoms with Crippen molar-refractivity contribution in [2.45, 2.75) is 69.8 Å². The van der Waals surface area contributed by atoms with Crippen molar-refractivity contribution in [1.29, 1.82) is 0 Å². The minimum atomic E-state index is -0.923. The summed E-state index contributed by atoms with van der Waals surface area (Å²) in [6.07, 6.45) is 5.87. The molecule has 6 heteroatoms. The van der Waals surface area contributed by atoms with Crippen LogP contribution in [0.25, 0.3) is 0 Å². The third-order valence-corrected chi connectivity index (χ3v) is 4.31. The van der Waals surface area contributed by atoms with Crippen molar-refractivity contribution in [3.63, 3.8) is 0 Å². The van der Waals surface area contributed by atoms with Crippen LogP contribution in [0.5, 0.6) is 0 Å². The van der Waals surface area contributed by atoms with Crippen molar-refractivity contribution in [2.75, 3.05) is 13.2 Å². The highest BCUT2D eigenvalue weighted by Crippen LogP contribution is 2.36. The fourth-order valence-electron chi connectivity index (χ4n) is 2.97. The van der Waals surface area contributed by atoms with Gasteiger partial charge in [-0.2, -0.15) is 4.98 Å². The first-order chi connectivity index (χ1) is 10.4. The number of aromatic nitrogens is 2. The second kappa shape index (κ2) is 5.65. The number of ether oxygens (including phenoxy) is 2. The van der Waals surface area contributed by atoms with Crippen molar-refractivity contribution in [3.8, 4) is 0 Å². The summed E-state index contributed by atoms with van der Waals surface area (Å²) in [6, 6.07) is 0. The quantitative estimate of drug-likeness (QED) is 0.799. The first-order valence-electron chi connectivity index (χ1n) is 8.06. The van der Waals surface area contributed by atoms with Crippen LogP contribution < -0.4 is 0 Å². The predicted octanol–water partition coefficient (Wildman–Crippen LogP) is 2.73. The number of nitrogens with zero attached hydrogens (tertiary/aromatic N) is 2. The molecule has 2 aliphatic rings. The van der Waals surface area contributed by atoms with E-state index in [0.29, 0.717) is 11.8 Å². The van der Waals surface area contributed by atoms with Gasteiger partial charge in [-0.15, -0.1) is 0 Å². The molecule has 3 rings (SSSR count). The SMILES string of the molecule is CC(C)(C)OC(=O)C1(c2nc(C3CCCCC3)no2)COC1. The average molecular weight is 308 g/mol. The van der Waals surface area contributed by atoms with Crippen LogP contribution >= 0.6 is 0 Å². The van der Waals surface area contributed by atoms with Crippen molar-refractivity contribution in [1.82, 2.24) is 10.1 Å². The molecule has 2 fully saturated rings. The summed E-state index contributed by atoms with van der Waals surface area (Å²) in [5.74, 6) is 1.08. The van der Waals surface area contributed by atoms with Gasteiger partial charge in [-0.05, 0) is 33.6 Å². The first kappa shape index (κ1) is 15.5. The highest BCUT2D eigenvalue weighted by Gasteiger charge is 2.55. The number of carbonyl (C=O) groups excluding carboxylic acids is 1. The summed E-state index contributed by atoms with van der Waals surface area (Å²) >= 11 is 0. The molecular weight excluding hydrogens is 284 g/mol. The van der Waals surface area contributed by atoms with E-state index in [1.165, 1.54) is 19.3 Å². The first-order valence-corrected chi connectivity index (χ1v) is 8.06. The normalized spacial score (nSPS) is 22.1. The summed E-state index contributed by atoms with van der Waals surface area (Å²) < 4.78 is 16.2. The minimum Gasteiger partial charge on any atom is -0.459 e. The molecule has 1 aliphatic heterocycles. The Kier molecular flexibility index (Phi) is 3.97. The molecule has 1 aromatic rings. The molecule has 0 bridgehead atoms. The summed E-state index contributed by atoms with van der Waals surface area (Å²) in [6.45, 7) is 6.03. The van der Waals surface area contributed by atoms with Crippen LogP contribution in [0.2, 0.25) is 0 Å². The van der Waals surface area contributed by atoms with Gasteiger partial charge in [-0.1, -0.05) is 24.4 Å². The molecule has 0 unspecified atom stereocenters. The van der Waals surface area contributed by atoms with E-state index < -0.39 is 11.0 Å². The van der Waals surface area contributed by atoms with Crippen LogP contribution in [0, 0.1) is 0 Å². The number of rotatable bonds is 3. The van der Waals surface area contributed by atoms with Crippen LogP contribution in [0.1, 0.15) is 70.5 Å². The van der Waals surface area contributed by atoms with Gasteiger partial charge in [0.25, 0.3) is 0 Å². The van der Waals surface area contributed by atoms with Crippen molar-refractivity contribution < 1.29 is 18.8 Å². The molecule has 122 valence electrons. The van der Waals surface area contributed by atoms with E-state index in [4.69, 9.17) is 14.0 Å². The number of carbonyl (C=O) groups is 1. The van der Waals surface area contributed by atoms with E-state index in [1.807, 2.05) is 20.8 Å². The number of hydrogen-bond acceptors (Lipinski definition) is 6. The molecule has 0 radical (unpaired) electrons. The Bertz CT molecular complexity index is 537. The van der Waals surface area contributed by atoms with Gasteiger partial charge in [0.05, 0.1) is 13.2 Å². The monoisotopic (exact) mass is 308 g/mol. The summed E-state index contributed by atoms with van der Waals surface area (Å²) in [4.78, 5) is 17.0. The molecule has 0 spiro atoms. The molecule has 0 atom stereocenters. The average Bonchev–Trinajstić information content (AvgIpc) is 2.86. The molecule has 1 saturated carbocycles. The van der Waals surface area contributed by atoms with Crippen LogP contribution in [0.15, 0.2) is 4.52 Å². The zero-order valence-corrected chi connectivity index (χ0v) is 13.6. The summed E-state index contributed by atoms with van der Waals surface area (Å²) in [5, 5.41) is 4.12. The summed E-state index contributed by atoms with van der Waals surface area (Å²) in [5.41, 5.74) is -1.47. The maximum atomic E-state index is 12.5. The summed E-state index contributed by atoms with van der Waals surface area (Å²) in [7, 11) is 0. The van der Waals surface area contributed by atoms with E-state index >= 15 is 0 Å². The zero-order chi connectivity index (χ0) is 15.8. The highest BCUT2D eigenvalue weighted by molar-refractivity contribution is 5.83. The molecule has 1 saturated heterocycles. The van der Waals surface area contributed by atoms with Gasteiger partial charge < -0.3 is 14.0 Å². The van der Waals surface area contributed by atoms with E-state index in [-0.39, 0.29) is 19.2 Å². The van der Waals surface area contributed by atoms with E-state index in [2.05, 4.69) is 10.1 Å². The van der Waals surface area contributed by atoms with Gasteiger partial charge in [-0.25, -0.2) is 0 Å². The lowest BCUT2D eigenvalue weighted by Crippen LogP contribution is -2.55. The standard InChI is InChI=1S/C16H24N2O4/c1-15(2,3)21-14(19)16(9-20-10-16)13-17-12(18-22-13)11-7-5-4-6-8-11/h11H,4-10H2,1-3H3. The van der Waals surface area contributed by atoms with Gasteiger partial charge in [-0.3, -0.25) is 4.79 Å². The molecule has 22 heavy (non-hydrogen) atoms. The van der Waals surface area contributed by atoms with Gasteiger partial charge in [0.2, 0.25) is 5.89 Å². The Morgan fingerprint density at radius 2 is 1.91 bits per heavy atom. The molecule has 0 amide bonds. The zero-order valence-electron chi connectivity index (χ0n) is 13.6. The lowest BCUT2D eigenvalue weighted by molar-refractivity contribution is -0.183. The smallest absolute Gasteiger partial charge is 0.327 e. The Morgan fingerprint density at radius 1 is 1.23 bits per heavy atom. The molecular formula is C16H24N2O4. The molecule has 0 N–H and O–H groups in total. The van der Waals surface area contributed by atoms with Crippen molar-refractivity contribution in [3.05, 3.63) is 11.7 Å². The minimum absolute atomic E-state index is 0.244. The molecule has 2 heterocycles. The second-order valence-corrected chi connectivity index (χ2v) is 7.37. The molecule has 6 nitrogen and oxygen atoms in total. The fourth-order valence-corrected chi connectivity index (χ4v) is 2.97. The molecule has 0 aromatic carbocycles. The molecule has 1 aliphatic carbocycles. The Labute approximate surface area is 130 Å². The highest BCUT2D eigenvalue weighted by atomic mass is 16.6. The van der Waals surface area contributed by atoms with Crippen LogP contribution in [0.4, 0.5) is 0 Å². The Balaban J connectivity index is 1.79. The van der Waals surface area contributed by atoms with E-state index in [1.54, 1.807) is 0 Å². The van der Waals surface area contributed by atoms with Crippen LogP contribution in [-0.2, 0) is 19.7 Å². The van der Waals surface area contributed by atoms with Crippen molar-refractivity contribution >= 4 is 5.97 Å². The lowest BCUT2D eigenvalue weighted by atomic mass is 9.85. The second-order valence-electron chi connectivity index (χ2n) is 7.37. The largest absolute Gasteiger partial charge is 0.459 e. The molecule has 1 aromatic heterocycles. The van der Waals surface area contributed by atoms with Gasteiger partial charge >= 0.3 is 5.97 Å². The van der Waals surface area contributed by atoms with Crippen LogP contribution in [0.3, 0.4) is 0 Å². The van der Waals surface area contributed by atoms with E-state index in [0.717, 1.165) is 18.7 Å². The maximum absolute atomic E-state index is 12.5. The Morgan fingerprint density at radius 3 is 2.45 bits per heavy atom. The van der Waals surface area contributed by atoms with Crippen LogP contribution in [-0.4, -0.2) is 34.9 Å². The van der Waals surface area contributed by atoms with E-state index in [9.17, 15) is 4.79 Å².